The van der Waals surface area contributed by atoms with Crippen LogP contribution in [0.2, 0.25) is 0 Å². The molecular formula is C17H17N3O7S. The fourth-order valence-corrected chi connectivity index (χ4v) is 3.47. The van der Waals surface area contributed by atoms with Crippen LogP contribution in [-0.2, 0) is 14.8 Å². The fraction of sp³-hybridized carbons (Fsp3) is 0.235. The number of amides is 1. The van der Waals surface area contributed by atoms with Crippen molar-refractivity contribution in [2.24, 2.45) is 0 Å². The van der Waals surface area contributed by atoms with Crippen molar-refractivity contribution in [2.45, 2.75) is 6.92 Å². The standard InChI is InChI=1S/C17H17N3O7S/c1-11-3-4-13(20(22)23)7-14(11)18-17(21)9-19(28(2,24)25)12-5-6-15-16(8-12)27-10-26-15/h3-8H,9-10H2,1-2H3,(H,18,21). The molecule has 0 bridgehead atoms. The molecular weight excluding hydrogens is 390 g/mol. The highest BCUT2D eigenvalue weighted by atomic mass is 32.2. The van der Waals surface area contributed by atoms with E-state index in [4.69, 9.17) is 9.47 Å². The maximum atomic E-state index is 12.5. The zero-order valence-electron chi connectivity index (χ0n) is 15.0. The molecule has 0 fully saturated rings. The van der Waals surface area contributed by atoms with Crippen molar-refractivity contribution in [1.82, 2.24) is 0 Å². The van der Waals surface area contributed by atoms with Gasteiger partial charge in [-0.1, -0.05) is 6.07 Å². The second kappa shape index (κ2) is 7.35. The molecule has 10 nitrogen and oxygen atoms in total. The number of nitrogens with one attached hydrogen (secondary N) is 1. The lowest BCUT2D eigenvalue weighted by Crippen LogP contribution is -2.37. The minimum Gasteiger partial charge on any atom is -0.454 e. The SMILES string of the molecule is Cc1ccc([N+](=O)[O-])cc1NC(=O)CN(c1ccc2c(c1)OCO2)S(C)(=O)=O. The highest BCUT2D eigenvalue weighted by molar-refractivity contribution is 7.92. The number of nitro groups is 1. The average Bonchev–Trinajstić information content (AvgIpc) is 3.08. The minimum absolute atomic E-state index is 0.0320. The zero-order valence-corrected chi connectivity index (χ0v) is 15.9. The van der Waals surface area contributed by atoms with E-state index in [9.17, 15) is 23.3 Å². The Hall–Kier alpha value is -3.34. The summed E-state index contributed by atoms with van der Waals surface area (Å²) < 4.78 is 35.8. The van der Waals surface area contributed by atoms with Crippen molar-refractivity contribution >= 4 is 33.0 Å². The van der Waals surface area contributed by atoms with Gasteiger partial charge in [-0.2, -0.15) is 0 Å². The molecule has 0 radical (unpaired) electrons. The highest BCUT2D eigenvalue weighted by Crippen LogP contribution is 2.36. The number of rotatable bonds is 6. The average molecular weight is 407 g/mol. The van der Waals surface area contributed by atoms with E-state index >= 15 is 0 Å². The van der Waals surface area contributed by atoms with E-state index in [0.717, 1.165) is 10.6 Å². The number of nitro benzene ring substituents is 1. The Labute approximate surface area is 160 Å². The monoisotopic (exact) mass is 407 g/mol. The first-order valence-corrected chi connectivity index (χ1v) is 9.92. The van der Waals surface area contributed by atoms with Gasteiger partial charge in [0.05, 0.1) is 22.6 Å². The predicted molar refractivity (Wildman–Crippen MR) is 101 cm³/mol. The van der Waals surface area contributed by atoms with Gasteiger partial charge in [-0.15, -0.1) is 0 Å². The van der Waals surface area contributed by atoms with Gasteiger partial charge in [0.15, 0.2) is 11.5 Å². The van der Waals surface area contributed by atoms with E-state index in [1.165, 1.54) is 30.3 Å². The van der Waals surface area contributed by atoms with Crippen LogP contribution < -0.4 is 19.1 Å². The van der Waals surface area contributed by atoms with Crippen LogP contribution in [0.3, 0.4) is 0 Å². The van der Waals surface area contributed by atoms with E-state index in [2.05, 4.69) is 5.32 Å². The molecule has 0 saturated heterocycles. The van der Waals surface area contributed by atoms with Crippen molar-refractivity contribution in [3.05, 3.63) is 52.1 Å². The van der Waals surface area contributed by atoms with Crippen LogP contribution in [0.5, 0.6) is 11.5 Å². The largest absolute Gasteiger partial charge is 0.454 e. The number of fused-ring (bicyclic) bond motifs is 1. The number of ether oxygens (including phenoxy) is 2. The van der Waals surface area contributed by atoms with Gasteiger partial charge in [-0.25, -0.2) is 8.42 Å². The van der Waals surface area contributed by atoms with Crippen LogP contribution in [-0.4, -0.2) is 38.8 Å². The summed E-state index contributed by atoms with van der Waals surface area (Å²) in [6.07, 6.45) is 0.976. The third-order valence-electron chi connectivity index (χ3n) is 4.04. The number of anilines is 2. The normalized spacial score (nSPS) is 12.5. The lowest BCUT2D eigenvalue weighted by molar-refractivity contribution is -0.384. The Morgan fingerprint density at radius 1 is 1.21 bits per heavy atom. The molecule has 1 amide bonds. The van der Waals surface area contributed by atoms with Gasteiger partial charge < -0.3 is 14.8 Å². The lowest BCUT2D eigenvalue weighted by atomic mass is 10.2. The molecule has 11 heteroatoms. The number of aryl methyl sites for hydroxylation is 1. The van der Waals surface area contributed by atoms with Crippen molar-refractivity contribution < 1.29 is 27.6 Å². The third kappa shape index (κ3) is 4.14. The van der Waals surface area contributed by atoms with Crippen LogP contribution in [0.25, 0.3) is 0 Å². The molecule has 148 valence electrons. The summed E-state index contributed by atoms with van der Waals surface area (Å²) in [5, 5.41) is 13.4. The molecule has 0 spiro atoms. The number of carbonyl (C=O) groups is 1. The summed E-state index contributed by atoms with van der Waals surface area (Å²) in [4.78, 5) is 22.8. The summed E-state index contributed by atoms with van der Waals surface area (Å²) in [7, 11) is -3.79. The van der Waals surface area contributed by atoms with Crippen LogP contribution in [0.15, 0.2) is 36.4 Å². The summed E-state index contributed by atoms with van der Waals surface area (Å²) in [6.45, 7) is 1.19. The number of carbonyl (C=O) groups excluding carboxylic acids is 1. The number of non-ortho nitro benzene ring substituents is 1. The molecule has 2 aromatic rings. The number of hydrogen-bond acceptors (Lipinski definition) is 7. The summed E-state index contributed by atoms with van der Waals surface area (Å²) >= 11 is 0. The van der Waals surface area contributed by atoms with Crippen molar-refractivity contribution in [1.29, 1.82) is 0 Å². The number of hydrogen-bond donors (Lipinski definition) is 1. The van der Waals surface area contributed by atoms with Crippen LogP contribution in [0.4, 0.5) is 17.1 Å². The number of nitrogens with zero attached hydrogens (tertiary/aromatic N) is 2. The molecule has 0 saturated carbocycles. The second-order valence-electron chi connectivity index (χ2n) is 6.11. The smallest absolute Gasteiger partial charge is 0.271 e. The molecule has 2 aromatic carbocycles. The summed E-state index contributed by atoms with van der Waals surface area (Å²) in [5.41, 5.74) is 0.889. The van der Waals surface area contributed by atoms with Crippen LogP contribution in [0, 0.1) is 17.0 Å². The van der Waals surface area contributed by atoms with Gasteiger partial charge in [0.25, 0.3) is 5.69 Å². The first-order chi connectivity index (χ1) is 13.1. The molecule has 28 heavy (non-hydrogen) atoms. The number of benzene rings is 2. The predicted octanol–water partition coefficient (Wildman–Crippen LogP) is 2.04. The Morgan fingerprint density at radius 2 is 1.93 bits per heavy atom. The first-order valence-electron chi connectivity index (χ1n) is 8.07. The molecule has 0 unspecified atom stereocenters. The summed E-state index contributed by atoms with van der Waals surface area (Å²) in [5.74, 6) is 0.210. The van der Waals surface area contributed by atoms with Crippen LogP contribution in [0.1, 0.15) is 5.56 Å². The maximum absolute atomic E-state index is 12.5. The molecule has 0 aromatic heterocycles. The first kappa shape index (κ1) is 19.4. The third-order valence-corrected chi connectivity index (χ3v) is 5.18. The van der Waals surface area contributed by atoms with Crippen LogP contribution >= 0.6 is 0 Å². The quantitative estimate of drug-likeness (QED) is 0.573. The Balaban J connectivity index is 1.83. The van der Waals surface area contributed by atoms with Crippen molar-refractivity contribution in [3.8, 4) is 11.5 Å². The van der Waals surface area contributed by atoms with Gasteiger partial charge in [0.1, 0.15) is 6.54 Å². The Kier molecular flexibility index (Phi) is 5.10. The molecule has 1 N–H and O–H groups in total. The topological polar surface area (TPSA) is 128 Å². The lowest BCUT2D eigenvalue weighted by Gasteiger charge is -2.22. The van der Waals surface area contributed by atoms with Crippen molar-refractivity contribution in [2.75, 3.05) is 29.2 Å². The van der Waals surface area contributed by atoms with E-state index in [1.54, 1.807) is 13.0 Å². The van der Waals surface area contributed by atoms with E-state index in [0.29, 0.717) is 17.1 Å². The molecule has 1 aliphatic rings. The molecule has 3 rings (SSSR count). The maximum Gasteiger partial charge on any atom is 0.271 e. The molecule has 1 aliphatic heterocycles. The van der Waals surface area contributed by atoms with Crippen molar-refractivity contribution in [3.63, 3.8) is 0 Å². The van der Waals surface area contributed by atoms with Gasteiger partial charge in [-0.3, -0.25) is 19.2 Å². The van der Waals surface area contributed by atoms with Gasteiger partial charge in [-0.05, 0) is 24.6 Å². The van der Waals surface area contributed by atoms with Gasteiger partial charge in [0, 0.05) is 18.2 Å². The van der Waals surface area contributed by atoms with Gasteiger partial charge in [0.2, 0.25) is 22.7 Å². The zero-order chi connectivity index (χ0) is 20.5. The Morgan fingerprint density at radius 3 is 2.61 bits per heavy atom. The molecule has 1 heterocycles. The molecule has 0 atom stereocenters. The second-order valence-corrected chi connectivity index (χ2v) is 8.02. The number of sulfonamides is 1. The van der Waals surface area contributed by atoms with E-state index in [-0.39, 0.29) is 23.9 Å². The Bertz CT molecular complexity index is 1050. The van der Waals surface area contributed by atoms with E-state index in [1.807, 2.05) is 0 Å². The van der Waals surface area contributed by atoms with Gasteiger partial charge >= 0.3 is 0 Å². The van der Waals surface area contributed by atoms with E-state index < -0.39 is 27.4 Å². The highest BCUT2D eigenvalue weighted by Gasteiger charge is 2.24. The molecule has 0 aliphatic carbocycles. The minimum atomic E-state index is -3.79. The summed E-state index contributed by atoms with van der Waals surface area (Å²) in [6, 6.07) is 8.56. The fourth-order valence-electron chi connectivity index (χ4n) is 2.62.